The van der Waals surface area contributed by atoms with Gasteiger partial charge in [-0.1, -0.05) is 8.64 Å². The zero-order chi connectivity index (χ0) is 14.1. The molecule has 0 aliphatic heterocycles. The predicted octanol–water partition coefficient (Wildman–Crippen LogP) is -5.66. The molecule has 0 amide bonds. The molecule has 0 aliphatic rings. The molecule has 0 radical (unpaired) electrons. The number of hydrogen-bond donors (Lipinski definition) is 2. The van der Waals surface area contributed by atoms with Gasteiger partial charge in [0.15, 0.2) is 0 Å². The number of aliphatic hydroxyl groups is 1. The zero-order valence-corrected chi connectivity index (χ0v) is 19.7. The largest absolute Gasteiger partial charge is 1.00 e. The summed E-state index contributed by atoms with van der Waals surface area (Å²) < 4.78 is 5.95. The molecule has 0 aromatic heterocycles. The third-order valence-electron chi connectivity index (χ3n) is 1.96. The summed E-state index contributed by atoms with van der Waals surface area (Å²) in [5.41, 5.74) is 0. The Kier molecular flexibility index (Phi) is 21.6. The van der Waals surface area contributed by atoms with Crippen molar-refractivity contribution in [3.8, 4) is 0 Å². The van der Waals surface area contributed by atoms with Crippen molar-refractivity contribution in [2.24, 2.45) is 0 Å². The van der Waals surface area contributed by atoms with Crippen molar-refractivity contribution in [2.75, 3.05) is 26.2 Å². The van der Waals surface area contributed by atoms with Crippen molar-refractivity contribution in [1.29, 1.82) is 0 Å². The molecule has 0 heterocycles. The van der Waals surface area contributed by atoms with Crippen LogP contribution in [0.3, 0.4) is 0 Å². The van der Waals surface area contributed by atoms with E-state index < -0.39 is 6.10 Å². The SMILES string of the molecule is CC(C)OCC(O)CN(CCNC(=S)[S-])C(=S)[S-].[Na+].[Na+]. The molecular formula is C10H18N2Na2O2S4. The summed E-state index contributed by atoms with van der Waals surface area (Å²) in [6.45, 7) is 5.54. The second kappa shape index (κ2) is 16.0. The van der Waals surface area contributed by atoms with E-state index in [1.807, 2.05) is 13.8 Å². The van der Waals surface area contributed by atoms with Gasteiger partial charge in [0, 0.05) is 19.6 Å². The van der Waals surface area contributed by atoms with Crippen LogP contribution in [0.1, 0.15) is 13.8 Å². The molecule has 4 nitrogen and oxygen atoms in total. The van der Waals surface area contributed by atoms with Gasteiger partial charge in [0.05, 0.1) is 18.8 Å². The average molecular weight is 373 g/mol. The number of hydrogen-bond acceptors (Lipinski definition) is 6. The predicted molar refractivity (Wildman–Crippen MR) is 86.6 cm³/mol. The molecule has 0 bridgehead atoms. The first-order valence-electron chi connectivity index (χ1n) is 5.53. The van der Waals surface area contributed by atoms with Crippen LogP contribution in [0.15, 0.2) is 0 Å². The van der Waals surface area contributed by atoms with E-state index in [1.165, 1.54) is 0 Å². The fourth-order valence-electron chi connectivity index (χ4n) is 1.16. The van der Waals surface area contributed by atoms with E-state index >= 15 is 0 Å². The van der Waals surface area contributed by atoms with Gasteiger partial charge in [-0.05, 0) is 13.8 Å². The van der Waals surface area contributed by atoms with Crippen molar-refractivity contribution in [3.05, 3.63) is 0 Å². The van der Waals surface area contributed by atoms with Crippen molar-refractivity contribution >= 4 is 58.3 Å². The number of aliphatic hydroxyl groups excluding tert-OH is 1. The molecule has 0 rings (SSSR count). The monoisotopic (exact) mass is 372 g/mol. The Balaban J connectivity index is -0.00000144. The van der Waals surface area contributed by atoms with E-state index in [4.69, 9.17) is 54.4 Å². The third kappa shape index (κ3) is 16.5. The average Bonchev–Trinajstić information content (AvgIpc) is 2.24. The molecule has 0 fully saturated rings. The van der Waals surface area contributed by atoms with Crippen LogP contribution in [0.2, 0.25) is 0 Å². The van der Waals surface area contributed by atoms with Gasteiger partial charge in [-0.15, -0.1) is 0 Å². The Morgan fingerprint density at radius 2 is 1.85 bits per heavy atom. The van der Waals surface area contributed by atoms with E-state index in [1.54, 1.807) is 4.90 Å². The minimum Gasteiger partial charge on any atom is -0.412 e. The minimum atomic E-state index is -0.622. The Morgan fingerprint density at radius 1 is 1.30 bits per heavy atom. The summed E-state index contributed by atoms with van der Waals surface area (Å²) in [5, 5.41) is 12.6. The molecule has 0 aromatic carbocycles. The molecule has 1 atom stereocenters. The Labute approximate surface area is 187 Å². The molecule has 0 saturated carbocycles. The maximum absolute atomic E-state index is 9.79. The number of nitrogens with one attached hydrogen (secondary N) is 1. The van der Waals surface area contributed by atoms with Gasteiger partial charge in [-0.25, -0.2) is 0 Å². The Morgan fingerprint density at radius 3 is 2.25 bits per heavy atom. The summed E-state index contributed by atoms with van der Waals surface area (Å²) in [7, 11) is 0. The van der Waals surface area contributed by atoms with Crippen LogP contribution in [0, 0.1) is 0 Å². The van der Waals surface area contributed by atoms with Gasteiger partial charge < -0.3 is 69.8 Å². The maximum Gasteiger partial charge on any atom is 1.00 e. The van der Waals surface area contributed by atoms with Crippen molar-refractivity contribution in [3.63, 3.8) is 0 Å². The third-order valence-corrected chi connectivity index (χ3v) is 2.77. The Hall–Kier alpha value is 2.14. The summed E-state index contributed by atoms with van der Waals surface area (Å²) in [6.07, 6.45) is -0.536. The van der Waals surface area contributed by atoms with E-state index in [2.05, 4.69) is 5.32 Å². The van der Waals surface area contributed by atoms with Crippen LogP contribution in [-0.4, -0.2) is 57.1 Å². The molecule has 10 heteroatoms. The number of ether oxygens (including phenoxy) is 1. The van der Waals surface area contributed by atoms with Gasteiger partial charge in [-0.2, -0.15) is 0 Å². The van der Waals surface area contributed by atoms with Crippen molar-refractivity contribution in [2.45, 2.75) is 26.1 Å². The van der Waals surface area contributed by atoms with E-state index in [-0.39, 0.29) is 71.8 Å². The van der Waals surface area contributed by atoms with Crippen LogP contribution in [0.5, 0.6) is 0 Å². The van der Waals surface area contributed by atoms with E-state index in [0.717, 1.165) is 0 Å². The molecule has 106 valence electrons. The van der Waals surface area contributed by atoms with Gasteiger partial charge in [-0.3, -0.25) is 0 Å². The van der Waals surface area contributed by atoms with Crippen molar-refractivity contribution < 1.29 is 69.0 Å². The quantitative estimate of drug-likeness (QED) is 0.248. The molecule has 0 aromatic rings. The molecular weight excluding hydrogens is 354 g/mol. The first-order valence-corrected chi connectivity index (χ1v) is 7.16. The van der Waals surface area contributed by atoms with Gasteiger partial charge in [0.25, 0.3) is 0 Å². The van der Waals surface area contributed by atoms with Gasteiger partial charge >= 0.3 is 59.1 Å². The number of rotatable bonds is 8. The standard InChI is InChI=1S/C10H20N2O2S4.2Na/c1-7(2)14-6-8(13)5-12(10(17)18)4-3-11-9(15)16;;/h7-8,13H,3-6H2,1-2H3,(H,17,18)(H2,11,15,16);;/q;2*+1/p-2. The second-order valence-corrected chi connectivity index (χ2v) is 6.07. The number of thiocarbonyl (C=S) groups is 2. The van der Waals surface area contributed by atoms with Crippen LogP contribution in [0.25, 0.3) is 0 Å². The molecule has 20 heavy (non-hydrogen) atoms. The number of nitrogens with zero attached hydrogens (tertiary/aromatic N) is 1. The normalized spacial score (nSPS) is 11.0. The topological polar surface area (TPSA) is 44.7 Å². The van der Waals surface area contributed by atoms with Crippen LogP contribution >= 0.6 is 24.4 Å². The van der Waals surface area contributed by atoms with Gasteiger partial charge in [0.1, 0.15) is 0 Å². The summed E-state index contributed by atoms with van der Waals surface area (Å²) in [5.74, 6) is 0. The fourth-order valence-corrected chi connectivity index (χ4v) is 1.70. The first-order chi connectivity index (χ1) is 8.32. The molecule has 0 saturated heterocycles. The van der Waals surface area contributed by atoms with E-state index in [9.17, 15) is 5.11 Å². The second-order valence-electron chi connectivity index (χ2n) is 3.96. The van der Waals surface area contributed by atoms with E-state index in [0.29, 0.717) is 28.3 Å². The molecule has 1 unspecified atom stereocenters. The van der Waals surface area contributed by atoms with Crippen LogP contribution < -0.4 is 64.4 Å². The minimum absolute atomic E-state index is 0. The summed E-state index contributed by atoms with van der Waals surface area (Å²) in [4.78, 5) is 1.72. The van der Waals surface area contributed by atoms with Crippen LogP contribution in [0.4, 0.5) is 0 Å². The van der Waals surface area contributed by atoms with Crippen molar-refractivity contribution in [1.82, 2.24) is 10.2 Å². The summed E-state index contributed by atoms with van der Waals surface area (Å²) in [6, 6.07) is 0. The molecule has 0 aliphatic carbocycles. The van der Waals surface area contributed by atoms with Gasteiger partial charge in [0.2, 0.25) is 0 Å². The maximum atomic E-state index is 9.79. The Bertz CT molecular complexity index is 286. The zero-order valence-electron chi connectivity index (χ0n) is 12.4. The molecule has 0 spiro atoms. The molecule has 2 N–H and O–H groups in total. The first kappa shape index (κ1) is 27.0. The summed E-state index contributed by atoms with van der Waals surface area (Å²) >= 11 is 19.4. The van der Waals surface area contributed by atoms with Crippen LogP contribution in [-0.2, 0) is 30.0 Å². The fraction of sp³-hybridized carbons (Fsp3) is 0.800. The smallest absolute Gasteiger partial charge is 0.412 e.